The maximum Gasteiger partial charge on any atom is 0.231 e. The molecule has 3 heterocycles. The summed E-state index contributed by atoms with van der Waals surface area (Å²) in [4.78, 5) is 20.3. The molecule has 0 saturated carbocycles. The van der Waals surface area contributed by atoms with Crippen molar-refractivity contribution in [3.05, 3.63) is 36.9 Å². The number of H-pyrrole nitrogens is 1. The number of aromatic amines is 1. The Kier molecular flexibility index (Phi) is 3.30. The van der Waals surface area contributed by atoms with Crippen LogP contribution in [0.5, 0.6) is 0 Å². The van der Waals surface area contributed by atoms with Gasteiger partial charge in [-0.3, -0.25) is 4.68 Å². The molecule has 0 radical (unpaired) electrons. The molecule has 0 saturated heterocycles. The summed E-state index contributed by atoms with van der Waals surface area (Å²) in [7, 11) is 3.65. The SMILES string of the molecule is CNc1nc(Nc2ccc(-c3ncn(C)n3)cc2)nc2nc[nH]c12. The molecule has 9 heteroatoms. The van der Waals surface area contributed by atoms with Gasteiger partial charge in [-0.25, -0.2) is 9.97 Å². The normalized spacial score (nSPS) is 10.9. The lowest BCUT2D eigenvalue weighted by molar-refractivity contribution is 0.768. The van der Waals surface area contributed by atoms with Gasteiger partial charge in [-0.2, -0.15) is 15.1 Å². The van der Waals surface area contributed by atoms with Crippen molar-refractivity contribution in [2.45, 2.75) is 0 Å². The van der Waals surface area contributed by atoms with Crippen LogP contribution in [0.3, 0.4) is 0 Å². The minimum Gasteiger partial charge on any atom is -0.371 e. The van der Waals surface area contributed by atoms with Crippen LogP contribution < -0.4 is 10.6 Å². The van der Waals surface area contributed by atoms with Crippen molar-refractivity contribution in [1.82, 2.24) is 34.7 Å². The molecule has 0 atom stereocenters. The number of nitrogens with one attached hydrogen (secondary N) is 3. The maximum atomic E-state index is 4.44. The molecule has 0 aliphatic rings. The molecular weight excluding hydrogens is 306 g/mol. The summed E-state index contributed by atoms with van der Waals surface area (Å²) in [5.74, 6) is 1.85. The number of hydrogen-bond acceptors (Lipinski definition) is 7. The lowest BCUT2D eigenvalue weighted by Gasteiger charge is -2.07. The second-order valence-corrected chi connectivity index (χ2v) is 5.19. The van der Waals surface area contributed by atoms with E-state index in [9.17, 15) is 0 Å². The minimum atomic E-state index is 0.475. The fourth-order valence-corrected chi connectivity index (χ4v) is 2.37. The number of nitrogens with zero attached hydrogens (tertiary/aromatic N) is 6. The summed E-state index contributed by atoms with van der Waals surface area (Å²) in [5, 5.41) is 10.5. The topological polar surface area (TPSA) is 109 Å². The first-order valence-corrected chi connectivity index (χ1v) is 7.35. The third-order valence-corrected chi connectivity index (χ3v) is 3.52. The van der Waals surface area contributed by atoms with Crippen molar-refractivity contribution < 1.29 is 0 Å². The fraction of sp³-hybridized carbons (Fsp3) is 0.133. The number of anilines is 3. The molecule has 0 unspecified atom stereocenters. The average Bonchev–Trinajstić information content (AvgIpc) is 3.23. The van der Waals surface area contributed by atoms with E-state index in [1.807, 2.05) is 31.3 Å². The molecule has 0 bridgehead atoms. The molecule has 0 amide bonds. The van der Waals surface area contributed by atoms with E-state index in [1.165, 1.54) is 0 Å². The number of benzene rings is 1. The first kappa shape index (κ1) is 14.1. The van der Waals surface area contributed by atoms with Crippen molar-refractivity contribution in [2.24, 2.45) is 7.05 Å². The van der Waals surface area contributed by atoms with E-state index in [0.29, 0.717) is 23.2 Å². The van der Waals surface area contributed by atoms with Gasteiger partial charge in [0.25, 0.3) is 0 Å². The quantitative estimate of drug-likeness (QED) is 0.527. The predicted molar refractivity (Wildman–Crippen MR) is 91.0 cm³/mol. The predicted octanol–water partition coefficient (Wildman–Crippen LogP) is 1.93. The smallest absolute Gasteiger partial charge is 0.231 e. The molecule has 4 aromatic rings. The Hall–Kier alpha value is -3.49. The monoisotopic (exact) mass is 321 g/mol. The van der Waals surface area contributed by atoms with Crippen LogP contribution in [0.25, 0.3) is 22.6 Å². The molecule has 1 aromatic carbocycles. The van der Waals surface area contributed by atoms with Crippen LogP contribution in [0.2, 0.25) is 0 Å². The number of imidazole rings is 1. The van der Waals surface area contributed by atoms with Gasteiger partial charge in [-0.1, -0.05) is 0 Å². The van der Waals surface area contributed by atoms with Gasteiger partial charge in [0.1, 0.15) is 11.8 Å². The molecule has 9 nitrogen and oxygen atoms in total. The Bertz CT molecular complexity index is 984. The first-order chi connectivity index (χ1) is 11.7. The zero-order valence-corrected chi connectivity index (χ0v) is 13.1. The highest BCUT2D eigenvalue weighted by Crippen LogP contribution is 2.22. The summed E-state index contributed by atoms with van der Waals surface area (Å²) in [6.07, 6.45) is 3.27. The van der Waals surface area contributed by atoms with Gasteiger partial charge < -0.3 is 15.6 Å². The third kappa shape index (κ3) is 2.51. The highest BCUT2D eigenvalue weighted by atomic mass is 15.3. The Morgan fingerprint density at radius 3 is 2.62 bits per heavy atom. The zero-order chi connectivity index (χ0) is 16.5. The molecule has 0 aliphatic heterocycles. The van der Waals surface area contributed by atoms with E-state index in [2.05, 4.69) is 40.7 Å². The minimum absolute atomic E-state index is 0.475. The fourth-order valence-electron chi connectivity index (χ4n) is 2.37. The molecule has 3 N–H and O–H groups in total. The van der Waals surface area contributed by atoms with E-state index in [-0.39, 0.29) is 0 Å². The molecule has 4 rings (SSSR count). The average molecular weight is 321 g/mol. The summed E-state index contributed by atoms with van der Waals surface area (Å²) >= 11 is 0. The van der Waals surface area contributed by atoms with Gasteiger partial charge in [0.2, 0.25) is 5.95 Å². The van der Waals surface area contributed by atoms with Crippen LogP contribution >= 0.6 is 0 Å². The van der Waals surface area contributed by atoms with Crippen molar-refractivity contribution >= 4 is 28.6 Å². The molecule has 0 spiro atoms. The van der Waals surface area contributed by atoms with Crippen LogP contribution in [0.1, 0.15) is 0 Å². The third-order valence-electron chi connectivity index (χ3n) is 3.52. The summed E-state index contributed by atoms with van der Waals surface area (Å²) in [5.41, 5.74) is 3.19. The Morgan fingerprint density at radius 2 is 1.92 bits per heavy atom. The molecular formula is C15H15N9. The van der Waals surface area contributed by atoms with E-state index in [4.69, 9.17) is 0 Å². The molecule has 0 aliphatic carbocycles. The molecule has 0 fully saturated rings. The molecule has 24 heavy (non-hydrogen) atoms. The van der Waals surface area contributed by atoms with Gasteiger partial charge in [-0.15, -0.1) is 0 Å². The van der Waals surface area contributed by atoms with Crippen LogP contribution in [-0.2, 0) is 7.05 Å². The van der Waals surface area contributed by atoms with Crippen molar-refractivity contribution in [2.75, 3.05) is 17.7 Å². The lowest BCUT2D eigenvalue weighted by atomic mass is 10.2. The molecule has 3 aromatic heterocycles. The van der Waals surface area contributed by atoms with Gasteiger partial charge in [0.15, 0.2) is 17.3 Å². The van der Waals surface area contributed by atoms with Gasteiger partial charge in [-0.05, 0) is 24.3 Å². The summed E-state index contributed by atoms with van der Waals surface area (Å²) < 4.78 is 1.67. The zero-order valence-electron chi connectivity index (χ0n) is 13.1. The van der Waals surface area contributed by atoms with Crippen LogP contribution in [-0.4, -0.2) is 41.7 Å². The Balaban J connectivity index is 1.61. The van der Waals surface area contributed by atoms with E-state index in [0.717, 1.165) is 16.8 Å². The van der Waals surface area contributed by atoms with E-state index < -0.39 is 0 Å². The van der Waals surface area contributed by atoms with Gasteiger partial charge in [0, 0.05) is 25.3 Å². The van der Waals surface area contributed by atoms with Crippen LogP contribution in [0.15, 0.2) is 36.9 Å². The second-order valence-electron chi connectivity index (χ2n) is 5.19. The van der Waals surface area contributed by atoms with Crippen molar-refractivity contribution in [3.8, 4) is 11.4 Å². The number of aryl methyl sites for hydroxylation is 1. The van der Waals surface area contributed by atoms with Crippen LogP contribution in [0, 0.1) is 0 Å². The first-order valence-electron chi connectivity index (χ1n) is 7.35. The Morgan fingerprint density at radius 1 is 1.08 bits per heavy atom. The maximum absolute atomic E-state index is 4.44. The van der Waals surface area contributed by atoms with E-state index >= 15 is 0 Å². The summed E-state index contributed by atoms with van der Waals surface area (Å²) in [6, 6.07) is 7.76. The number of fused-ring (bicyclic) bond motifs is 1. The number of rotatable bonds is 4. The highest BCUT2D eigenvalue weighted by Gasteiger charge is 2.09. The Labute approximate surface area is 137 Å². The molecule has 120 valence electrons. The van der Waals surface area contributed by atoms with Gasteiger partial charge >= 0.3 is 0 Å². The number of hydrogen-bond donors (Lipinski definition) is 3. The largest absolute Gasteiger partial charge is 0.371 e. The lowest BCUT2D eigenvalue weighted by Crippen LogP contribution is -2.02. The van der Waals surface area contributed by atoms with Crippen molar-refractivity contribution in [3.63, 3.8) is 0 Å². The highest BCUT2D eigenvalue weighted by molar-refractivity contribution is 5.84. The summed E-state index contributed by atoms with van der Waals surface area (Å²) in [6.45, 7) is 0. The van der Waals surface area contributed by atoms with Gasteiger partial charge in [0.05, 0.1) is 6.33 Å². The van der Waals surface area contributed by atoms with Crippen molar-refractivity contribution in [1.29, 1.82) is 0 Å². The number of aromatic nitrogens is 7. The van der Waals surface area contributed by atoms with Crippen LogP contribution in [0.4, 0.5) is 17.5 Å². The van der Waals surface area contributed by atoms with E-state index in [1.54, 1.807) is 24.4 Å². The second kappa shape index (κ2) is 5.61. The standard InChI is InChI=1S/C15H15N9/c1-16-13-11-14(18-7-17-11)22-15(21-13)20-10-5-3-9(4-6-10)12-19-8-24(2)23-12/h3-8H,1-2H3,(H3,16,17,18,20,21,22).